The summed E-state index contributed by atoms with van der Waals surface area (Å²) in [7, 11) is 0. The van der Waals surface area contributed by atoms with Crippen molar-refractivity contribution in [1.82, 2.24) is 4.90 Å². The second-order valence-corrected chi connectivity index (χ2v) is 7.91. The van der Waals surface area contributed by atoms with Crippen molar-refractivity contribution >= 4 is 17.5 Å². The number of benzene rings is 2. The molecule has 2 aromatic rings. The zero-order valence-corrected chi connectivity index (χ0v) is 17.1. The van der Waals surface area contributed by atoms with Crippen molar-refractivity contribution in [2.75, 3.05) is 24.6 Å². The van der Waals surface area contributed by atoms with Crippen LogP contribution in [0.4, 0.5) is 5.69 Å². The highest BCUT2D eigenvalue weighted by molar-refractivity contribution is 5.98. The van der Waals surface area contributed by atoms with E-state index in [4.69, 9.17) is 9.47 Å². The summed E-state index contributed by atoms with van der Waals surface area (Å²) in [5.41, 5.74) is 3.38. The fourth-order valence-corrected chi connectivity index (χ4v) is 4.00. The van der Waals surface area contributed by atoms with Gasteiger partial charge in [0, 0.05) is 18.7 Å². The molecule has 6 nitrogen and oxygen atoms in total. The van der Waals surface area contributed by atoms with Crippen LogP contribution in [0, 0.1) is 6.92 Å². The first kappa shape index (κ1) is 19.5. The standard InChI is InChI=1S/C23H26N2O4/c1-15-7-8-21-20(9-15)25(22(26)14-28-21)13-18-5-4-6-19(10-18)23(27)24-11-16(2)29-17(3)12-24/h4-10,16-17H,11-14H2,1-3H3/t16-,17-/m1/s1. The number of anilines is 1. The first-order valence-electron chi connectivity index (χ1n) is 9.98. The van der Waals surface area contributed by atoms with Crippen LogP contribution in [0.5, 0.6) is 5.75 Å². The lowest BCUT2D eigenvalue weighted by Crippen LogP contribution is -2.48. The van der Waals surface area contributed by atoms with E-state index in [-0.39, 0.29) is 30.6 Å². The molecule has 2 atom stereocenters. The minimum atomic E-state index is -0.0874. The highest BCUT2D eigenvalue weighted by Crippen LogP contribution is 2.34. The summed E-state index contributed by atoms with van der Waals surface area (Å²) in [4.78, 5) is 29.1. The Hall–Kier alpha value is -2.86. The number of carbonyl (C=O) groups is 2. The topological polar surface area (TPSA) is 59.1 Å². The van der Waals surface area contributed by atoms with E-state index >= 15 is 0 Å². The van der Waals surface area contributed by atoms with Crippen molar-refractivity contribution in [3.63, 3.8) is 0 Å². The molecule has 2 aliphatic rings. The third-order valence-electron chi connectivity index (χ3n) is 5.28. The Labute approximate surface area is 171 Å². The highest BCUT2D eigenvalue weighted by atomic mass is 16.5. The average molecular weight is 394 g/mol. The number of rotatable bonds is 3. The van der Waals surface area contributed by atoms with Crippen molar-refractivity contribution in [3.8, 4) is 5.75 Å². The maximum atomic E-state index is 13.0. The van der Waals surface area contributed by atoms with E-state index in [1.165, 1.54) is 0 Å². The predicted molar refractivity (Wildman–Crippen MR) is 110 cm³/mol. The monoisotopic (exact) mass is 394 g/mol. The quantitative estimate of drug-likeness (QED) is 0.802. The number of fused-ring (bicyclic) bond motifs is 1. The molecule has 2 heterocycles. The van der Waals surface area contributed by atoms with E-state index in [2.05, 4.69) is 0 Å². The maximum Gasteiger partial charge on any atom is 0.265 e. The van der Waals surface area contributed by atoms with E-state index < -0.39 is 0 Å². The van der Waals surface area contributed by atoms with E-state index in [0.29, 0.717) is 30.9 Å². The second kappa shape index (κ2) is 7.87. The predicted octanol–water partition coefficient (Wildman–Crippen LogP) is 3.17. The van der Waals surface area contributed by atoms with Crippen LogP contribution >= 0.6 is 0 Å². The molecule has 1 fully saturated rings. The molecule has 0 unspecified atom stereocenters. The van der Waals surface area contributed by atoms with E-state index in [9.17, 15) is 9.59 Å². The number of carbonyl (C=O) groups excluding carboxylic acids is 2. The third kappa shape index (κ3) is 4.12. The summed E-state index contributed by atoms with van der Waals surface area (Å²) in [5.74, 6) is 0.618. The SMILES string of the molecule is Cc1ccc2c(c1)N(Cc1cccc(C(=O)N3C[C@@H](C)O[C@H](C)C3)c1)C(=O)CO2. The molecule has 0 saturated carbocycles. The van der Waals surface area contributed by atoms with Gasteiger partial charge in [0.2, 0.25) is 0 Å². The minimum Gasteiger partial charge on any atom is -0.482 e. The summed E-state index contributed by atoms with van der Waals surface area (Å²) in [6.45, 7) is 7.55. The fraction of sp³-hybridized carbons (Fsp3) is 0.391. The van der Waals surface area contributed by atoms with E-state index in [0.717, 1.165) is 16.8 Å². The Morgan fingerprint density at radius 1 is 1.10 bits per heavy atom. The van der Waals surface area contributed by atoms with Crippen molar-refractivity contribution in [3.05, 3.63) is 59.2 Å². The van der Waals surface area contributed by atoms with Gasteiger partial charge in [0.15, 0.2) is 6.61 Å². The molecule has 0 aliphatic carbocycles. The Morgan fingerprint density at radius 3 is 2.62 bits per heavy atom. The Morgan fingerprint density at radius 2 is 1.86 bits per heavy atom. The van der Waals surface area contributed by atoms with Crippen LogP contribution in [0.1, 0.15) is 35.3 Å². The van der Waals surface area contributed by atoms with Gasteiger partial charge in [-0.2, -0.15) is 0 Å². The van der Waals surface area contributed by atoms with Crippen LogP contribution in [0.3, 0.4) is 0 Å². The number of aryl methyl sites for hydroxylation is 1. The van der Waals surface area contributed by atoms with Crippen LogP contribution in [-0.2, 0) is 16.1 Å². The maximum absolute atomic E-state index is 13.0. The first-order chi connectivity index (χ1) is 13.9. The molecule has 2 aliphatic heterocycles. The van der Waals surface area contributed by atoms with Gasteiger partial charge >= 0.3 is 0 Å². The van der Waals surface area contributed by atoms with Gasteiger partial charge in [-0.25, -0.2) is 0 Å². The molecule has 0 radical (unpaired) electrons. The van der Waals surface area contributed by atoms with Crippen molar-refractivity contribution in [2.24, 2.45) is 0 Å². The molecule has 2 amide bonds. The number of morpholine rings is 1. The smallest absolute Gasteiger partial charge is 0.265 e. The van der Waals surface area contributed by atoms with Gasteiger partial charge in [-0.1, -0.05) is 18.2 Å². The summed E-state index contributed by atoms with van der Waals surface area (Å²) in [6, 6.07) is 13.3. The normalized spacial score (nSPS) is 21.6. The van der Waals surface area contributed by atoms with Gasteiger partial charge in [-0.3, -0.25) is 9.59 Å². The summed E-state index contributed by atoms with van der Waals surface area (Å²) in [5, 5.41) is 0. The lowest BCUT2D eigenvalue weighted by Gasteiger charge is -2.35. The highest BCUT2D eigenvalue weighted by Gasteiger charge is 2.28. The average Bonchev–Trinajstić information content (AvgIpc) is 2.69. The number of ether oxygens (including phenoxy) is 2. The number of nitrogens with zero attached hydrogens (tertiary/aromatic N) is 2. The fourth-order valence-electron chi connectivity index (χ4n) is 4.00. The Bertz CT molecular complexity index is 932. The Kier molecular flexibility index (Phi) is 5.28. The number of hydrogen-bond acceptors (Lipinski definition) is 4. The molecule has 29 heavy (non-hydrogen) atoms. The number of amides is 2. The third-order valence-corrected chi connectivity index (χ3v) is 5.28. The Balaban J connectivity index is 1.56. The number of hydrogen-bond donors (Lipinski definition) is 0. The summed E-state index contributed by atoms with van der Waals surface area (Å²) < 4.78 is 11.3. The summed E-state index contributed by atoms with van der Waals surface area (Å²) >= 11 is 0. The molecule has 0 spiro atoms. The van der Waals surface area contributed by atoms with Crippen LogP contribution in [-0.4, -0.2) is 48.6 Å². The molecular weight excluding hydrogens is 368 g/mol. The first-order valence-corrected chi connectivity index (χ1v) is 9.98. The van der Waals surface area contributed by atoms with Crippen molar-refractivity contribution in [2.45, 2.75) is 39.5 Å². The largest absolute Gasteiger partial charge is 0.482 e. The van der Waals surface area contributed by atoms with Gasteiger partial charge in [0.05, 0.1) is 24.4 Å². The summed E-state index contributed by atoms with van der Waals surface area (Å²) in [6.07, 6.45) is 0.0493. The van der Waals surface area contributed by atoms with Crippen LogP contribution < -0.4 is 9.64 Å². The van der Waals surface area contributed by atoms with Crippen LogP contribution in [0.15, 0.2) is 42.5 Å². The second-order valence-electron chi connectivity index (χ2n) is 7.91. The van der Waals surface area contributed by atoms with Gasteiger partial charge in [0.1, 0.15) is 5.75 Å². The van der Waals surface area contributed by atoms with Gasteiger partial charge in [0.25, 0.3) is 11.8 Å². The van der Waals surface area contributed by atoms with E-state index in [1.807, 2.05) is 68.1 Å². The molecule has 4 rings (SSSR count). The minimum absolute atomic E-state index is 0.00148. The van der Waals surface area contributed by atoms with Crippen molar-refractivity contribution < 1.29 is 19.1 Å². The van der Waals surface area contributed by atoms with E-state index in [1.54, 1.807) is 4.90 Å². The molecule has 1 saturated heterocycles. The van der Waals surface area contributed by atoms with Gasteiger partial charge in [-0.05, 0) is 56.2 Å². The lowest BCUT2D eigenvalue weighted by molar-refractivity contribution is -0.121. The molecule has 2 aromatic carbocycles. The lowest BCUT2D eigenvalue weighted by atomic mass is 10.1. The van der Waals surface area contributed by atoms with Crippen molar-refractivity contribution in [1.29, 1.82) is 0 Å². The van der Waals surface area contributed by atoms with Gasteiger partial charge < -0.3 is 19.3 Å². The zero-order chi connectivity index (χ0) is 20.5. The molecule has 0 bridgehead atoms. The molecule has 0 aromatic heterocycles. The molecule has 0 N–H and O–H groups in total. The van der Waals surface area contributed by atoms with Crippen LogP contribution in [0.2, 0.25) is 0 Å². The van der Waals surface area contributed by atoms with Gasteiger partial charge in [-0.15, -0.1) is 0 Å². The molecule has 152 valence electrons. The molecule has 6 heteroatoms. The van der Waals surface area contributed by atoms with Crippen LogP contribution in [0.25, 0.3) is 0 Å². The zero-order valence-electron chi connectivity index (χ0n) is 17.1. The molecular formula is C23H26N2O4.